The van der Waals surface area contributed by atoms with E-state index in [0.29, 0.717) is 12.0 Å². The van der Waals surface area contributed by atoms with Crippen molar-refractivity contribution in [2.75, 3.05) is 13.1 Å². The van der Waals surface area contributed by atoms with Gasteiger partial charge in [0, 0.05) is 25.6 Å². The largest absolute Gasteiger partial charge is 0.355 e. The Morgan fingerprint density at radius 1 is 1.27 bits per heavy atom. The van der Waals surface area contributed by atoms with Gasteiger partial charge in [0.05, 0.1) is 0 Å². The van der Waals surface area contributed by atoms with E-state index in [9.17, 15) is 4.79 Å². The van der Waals surface area contributed by atoms with Crippen molar-refractivity contribution < 1.29 is 4.79 Å². The lowest BCUT2D eigenvalue weighted by atomic mass is 10.0. The Morgan fingerprint density at radius 2 is 1.93 bits per heavy atom. The van der Waals surface area contributed by atoms with E-state index in [-0.39, 0.29) is 5.91 Å². The molecular formula is C12H24N2O. The van der Waals surface area contributed by atoms with Gasteiger partial charge in [0.15, 0.2) is 0 Å². The fraction of sp³-hybridized carbons (Fsp3) is 0.917. The highest BCUT2D eigenvalue weighted by atomic mass is 16.1. The fourth-order valence-corrected chi connectivity index (χ4v) is 2.11. The fourth-order valence-electron chi connectivity index (χ4n) is 2.11. The predicted molar refractivity (Wildman–Crippen MR) is 62.7 cm³/mol. The molecule has 1 rings (SSSR count). The van der Waals surface area contributed by atoms with Gasteiger partial charge in [-0.1, -0.05) is 26.7 Å². The third-order valence-corrected chi connectivity index (χ3v) is 2.95. The number of hydrogen-bond acceptors (Lipinski definition) is 2. The molecule has 3 nitrogen and oxygen atoms in total. The standard InChI is InChI=1S/C12H24N2O/c1-10(2)13-7-8-14-12(15)9-11-5-3-4-6-11/h10-11,13H,3-9H2,1-2H3,(H,14,15). The second kappa shape index (κ2) is 6.83. The van der Waals surface area contributed by atoms with E-state index < -0.39 is 0 Å². The minimum Gasteiger partial charge on any atom is -0.355 e. The third-order valence-electron chi connectivity index (χ3n) is 2.95. The maximum atomic E-state index is 11.5. The summed E-state index contributed by atoms with van der Waals surface area (Å²) in [4.78, 5) is 11.5. The summed E-state index contributed by atoms with van der Waals surface area (Å²) in [5, 5.41) is 6.24. The first-order chi connectivity index (χ1) is 7.18. The zero-order valence-corrected chi connectivity index (χ0v) is 10.0. The number of hydrogen-bond donors (Lipinski definition) is 2. The maximum absolute atomic E-state index is 11.5. The van der Waals surface area contributed by atoms with Crippen LogP contribution in [0.2, 0.25) is 0 Å². The summed E-state index contributed by atoms with van der Waals surface area (Å²) in [7, 11) is 0. The summed E-state index contributed by atoms with van der Waals surface area (Å²) in [6, 6.07) is 0.497. The molecule has 0 aromatic rings. The Hall–Kier alpha value is -0.570. The first kappa shape index (κ1) is 12.5. The van der Waals surface area contributed by atoms with E-state index in [1.54, 1.807) is 0 Å². The van der Waals surface area contributed by atoms with Crippen LogP contribution < -0.4 is 10.6 Å². The van der Waals surface area contributed by atoms with Gasteiger partial charge in [0.2, 0.25) is 5.91 Å². The molecule has 3 heteroatoms. The van der Waals surface area contributed by atoms with Gasteiger partial charge >= 0.3 is 0 Å². The first-order valence-electron chi connectivity index (χ1n) is 6.18. The minimum absolute atomic E-state index is 0.229. The van der Waals surface area contributed by atoms with Crippen LogP contribution >= 0.6 is 0 Å². The molecule has 0 radical (unpaired) electrons. The van der Waals surface area contributed by atoms with Crippen LogP contribution in [0.5, 0.6) is 0 Å². The molecule has 0 spiro atoms. The second-order valence-electron chi connectivity index (χ2n) is 4.81. The average Bonchev–Trinajstić information content (AvgIpc) is 2.64. The molecule has 0 bridgehead atoms. The summed E-state index contributed by atoms with van der Waals surface area (Å²) < 4.78 is 0. The van der Waals surface area contributed by atoms with Crippen molar-refractivity contribution in [3.05, 3.63) is 0 Å². The predicted octanol–water partition coefficient (Wildman–Crippen LogP) is 1.68. The van der Waals surface area contributed by atoms with E-state index >= 15 is 0 Å². The summed E-state index contributed by atoms with van der Waals surface area (Å²) in [5.41, 5.74) is 0. The Bertz CT molecular complexity index is 186. The van der Waals surface area contributed by atoms with Crippen molar-refractivity contribution in [1.82, 2.24) is 10.6 Å². The topological polar surface area (TPSA) is 41.1 Å². The van der Waals surface area contributed by atoms with Gasteiger partial charge in [-0.25, -0.2) is 0 Å². The summed E-state index contributed by atoms with van der Waals surface area (Å²) >= 11 is 0. The van der Waals surface area contributed by atoms with Gasteiger partial charge in [-0.05, 0) is 18.8 Å². The molecule has 15 heavy (non-hydrogen) atoms. The quantitative estimate of drug-likeness (QED) is 0.658. The van der Waals surface area contributed by atoms with Crippen molar-refractivity contribution in [3.63, 3.8) is 0 Å². The zero-order chi connectivity index (χ0) is 11.1. The van der Waals surface area contributed by atoms with Crippen molar-refractivity contribution in [2.45, 2.75) is 52.0 Å². The summed E-state index contributed by atoms with van der Waals surface area (Å²) in [5.74, 6) is 0.885. The molecule has 0 aromatic heterocycles. The highest BCUT2D eigenvalue weighted by Crippen LogP contribution is 2.27. The van der Waals surface area contributed by atoms with Crippen molar-refractivity contribution in [2.24, 2.45) is 5.92 Å². The number of rotatable bonds is 6. The van der Waals surface area contributed by atoms with Crippen LogP contribution in [0.15, 0.2) is 0 Å². The van der Waals surface area contributed by atoms with Crippen LogP contribution in [-0.2, 0) is 4.79 Å². The van der Waals surface area contributed by atoms with Gasteiger partial charge < -0.3 is 10.6 Å². The zero-order valence-electron chi connectivity index (χ0n) is 10.0. The molecule has 1 saturated carbocycles. The molecule has 0 saturated heterocycles. The van der Waals surface area contributed by atoms with Crippen molar-refractivity contribution >= 4 is 5.91 Å². The van der Waals surface area contributed by atoms with E-state index in [0.717, 1.165) is 19.5 Å². The Morgan fingerprint density at radius 3 is 2.53 bits per heavy atom. The van der Waals surface area contributed by atoms with E-state index in [4.69, 9.17) is 0 Å². The molecule has 1 aliphatic carbocycles. The Kier molecular flexibility index (Phi) is 5.69. The lowest BCUT2D eigenvalue weighted by Crippen LogP contribution is -2.35. The lowest BCUT2D eigenvalue weighted by molar-refractivity contribution is -0.121. The molecule has 2 N–H and O–H groups in total. The molecular weight excluding hydrogens is 188 g/mol. The van der Waals surface area contributed by atoms with Crippen LogP contribution in [0.4, 0.5) is 0 Å². The number of carbonyl (C=O) groups excluding carboxylic acids is 1. The highest BCUT2D eigenvalue weighted by molar-refractivity contribution is 5.76. The molecule has 0 aromatic carbocycles. The molecule has 88 valence electrons. The van der Waals surface area contributed by atoms with Gasteiger partial charge in [0.1, 0.15) is 0 Å². The molecule has 0 unspecified atom stereocenters. The van der Waals surface area contributed by atoms with E-state index in [1.807, 2.05) is 0 Å². The molecule has 1 fully saturated rings. The third kappa shape index (κ3) is 5.78. The molecule has 0 atom stereocenters. The van der Waals surface area contributed by atoms with E-state index in [1.165, 1.54) is 25.7 Å². The Balaban J connectivity index is 1.98. The van der Waals surface area contributed by atoms with Crippen LogP contribution in [0, 0.1) is 5.92 Å². The Labute approximate surface area is 93.0 Å². The van der Waals surface area contributed by atoms with Crippen LogP contribution in [-0.4, -0.2) is 25.0 Å². The number of nitrogens with one attached hydrogen (secondary N) is 2. The van der Waals surface area contributed by atoms with Gasteiger partial charge in [0.25, 0.3) is 0 Å². The first-order valence-corrected chi connectivity index (χ1v) is 6.18. The monoisotopic (exact) mass is 212 g/mol. The van der Waals surface area contributed by atoms with Gasteiger partial charge in [-0.2, -0.15) is 0 Å². The van der Waals surface area contributed by atoms with Crippen molar-refractivity contribution in [1.29, 1.82) is 0 Å². The summed E-state index contributed by atoms with van der Waals surface area (Å²) in [6.45, 7) is 5.85. The van der Waals surface area contributed by atoms with E-state index in [2.05, 4.69) is 24.5 Å². The van der Waals surface area contributed by atoms with Crippen LogP contribution in [0.25, 0.3) is 0 Å². The smallest absolute Gasteiger partial charge is 0.220 e. The van der Waals surface area contributed by atoms with Gasteiger partial charge in [-0.3, -0.25) is 4.79 Å². The van der Waals surface area contributed by atoms with Gasteiger partial charge in [-0.15, -0.1) is 0 Å². The highest BCUT2D eigenvalue weighted by Gasteiger charge is 2.17. The molecule has 0 aliphatic heterocycles. The summed E-state index contributed by atoms with van der Waals surface area (Å²) in [6.07, 6.45) is 5.86. The maximum Gasteiger partial charge on any atom is 0.220 e. The SMILES string of the molecule is CC(C)NCCNC(=O)CC1CCCC1. The second-order valence-corrected chi connectivity index (χ2v) is 4.81. The average molecular weight is 212 g/mol. The van der Waals surface area contributed by atoms with Crippen LogP contribution in [0.3, 0.4) is 0 Å². The number of carbonyl (C=O) groups is 1. The lowest BCUT2D eigenvalue weighted by Gasteiger charge is -2.11. The molecule has 1 amide bonds. The molecule has 1 aliphatic rings. The van der Waals surface area contributed by atoms with Crippen molar-refractivity contribution in [3.8, 4) is 0 Å². The molecule has 0 heterocycles. The normalized spacial score (nSPS) is 17.3. The number of amides is 1. The van der Waals surface area contributed by atoms with Crippen LogP contribution in [0.1, 0.15) is 46.0 Å². The minimum atomic E-state index is 0.229.